The zero-order chi connectivity index (χ0) is 16.4. The Hall–Kier alpha value is -1.78. The summed E-state index contributed by atoms with van der Waals surface area (Å²) in [5.74, 6) is 0.883. The van der Waals surface area contributed by atoms with E-state index in [0.717, 1.165) is 27.3 Å². The van der Waals surface area contributed by atoms with Crippen LogP contribution in [0.5, 0.6) is 0 Å². The lowest BCUT2D eigenvalue weighted by Gasteiger charge is -2.15. The van der Waals surface area contributed by atoms with Crippen molar-refractivity contribution in [1.29, 1.82) is 0 Å². The number of rotatable bonds is 4. The first-order valence-electron chi connectivity index (χ1n) is 7.47. The van der Waals surface area contributed by atoms with Crippen LogP contribution in [0, 0.1) is 13.8 Å². The molecule has 0 amide bonds. The molecule has 23 heavy (non-hydrogen) atoms. The summed E-state index contributed by atoms with van der Waals surface area (Å²) >= 11 is 7.98. The van der Waals surface area contributed by atoms with Gasteiger partial charge >= 0.3 is 0 Å². The summed E-state index contributed by atoms with van der Waals surface area (Å²) in [4.78, 5) is 0. The molecule has 118 valence electrons. The second-order valence-corrected chi connectivity index (χ2v) is 7.15. The number of hydrogen-bond donors (Lipinski definition) is 0. The van der Waals surface area contributed by atoms with Gasteiger partial charge in [-0.15, -0.1) is 10.2 Å². The Morgan fingerprint density at radius 2 is 1.70 bits per heavy atom. The predicted molar refractivity (Wildman–Crippen MR) is 96.6 cm³/mol. The monoisotopic (exact) mass is 343 g/mol. The maximum absolute atomic E-state index is 6.32. The largest absolute Gasteiger partial charge is 0.274 e. The molecule has 0 N–H and O–H groups in total. The number of para-hydroxylation sites is 1. The molecule has 0 radical (unpaired) electrons. The van der Waals surface area contributed by atoms with Gasteiger partial charge in [-0.05, 0) is 44.0 Å². The van der Waals surface area contributed by atoms with Gasteiger partial charge in [0.2, 0.25) is 0 Å². The molecule has 0 aliphatic rings. The third-order valence-electron chi connectivity index (χ3n) is 3.78. The Morgan fingerprint density at radius 1 is 1.00 bits per heavy atom. The van der Waals surface area contributed by atoms with Crippen LogP contribution in [0.4, 0.5) is 0 Å². The van der Waals surface area contributed by atoms with Gasteiger partial charge in [-0.3, -0.25) is 4.57 Å². The predicted octanol–water partition coefficient (Wildman–Crippen LogP) is 5.39. The quantitative estimate of drug-likeness (QED) is 0.595. The molecule has 3 nitrogen and oxygen atoms in total. The van der Waals surface area contributed by atoms with Gasteiger partial charge < -0.3 is 0 Å². The van der Waals surface area contributed by atoms with Crippen molar-refractivity contribution in [3.8, 4) is 5.69 Å². The Morgan fingerprint density at radius 3 is 2.43 bits per heavy atom. The summed E-state index contributed by atoms with van der Waals surface area (Å²) in [6.45, 7) is 6.21. The third kappa shape index (κ3) is 3.28. The second-order valence-electron chi connectivity index (χ2n) is 5.43. The maximum atomic E-state index is 6.32. The Kier molecular flexibility index (Phi) is 4.74. The average Bonchev–Trinajstić information content (AvgIpc) is 2.89. The zero-order valence-corrected chi connectivity index (χ0v) is 14.9. The Labute approximate surface area is 145 Å². The maximum Gasteiger partial charge on any atom is 0.196 e. The van der Waals surface area contributed by atoms with Gasteiger partial charge in [0.25, 0.3) is 0 Å². The number of hydrogen-bond acceptors (Lipinski definition) is 3. The molecule has 1 aromatic heterocycles. The molecule has 2 aromatic carbocycles. The highest BCUT2D eigenvalue weighted by atomic mass is 35.5. The first-order valence-corrected chi connectivity index (χ1v) is 8.73. The van der Waals surface area contributed by atoms with Crippen LogP contribution in [-0.4, -0.2) is 14.8 Å². The highest BCUT2D eigenvalue weighted by Crippen LogP contribution is 2.38. The minimum Gasteiger partial charge on any atom is -0.274 e. The summed E-state index contributed by atoms with van der Waals surface area (Å²) in [5.41, 5.74) is 3.42. The number of aryl methyl sites for hydroxylation is 2. The van der Waals surface area contributed by atoms with E-state index >= 15 is 0 Å². The van der Waals surface area contributed by atoms with E-state index < -0.39 is 0 Å². The van der Waals surface area contributed by atoms with E-state index in [1.54, 1.807) is 11.8 Å². The van der Waals surface area contributed by atoms with E-state index in [1.165, 1.54) is 5.56 Å². The number of benzene rings is 2. The molecule has 3 rings (SSSR count). The van der Waals surface area contributed by atoms with Crippen molar-refractivity contribution in [3.63, 3.8) is 0 Å². The topological polar surface area (TPSA) is 30.7 Å². The van der Waals surface area contributed by atoms with Crippen LogP contribution in [0.2, 0.25) is 5.02 Å². The summed E-state index contributed by atoms with van der Waals surface area (Å²) in [6, 6.07) is 16.2. The highest BCUT2D eigenvalue weighted by molar-refractivity contribution is 7.99. The van der Waals surface area contributed by atoms with Crippen molar-refractivity contribution in [3.05, 3.63) is 70.5 Å². The highest BCUT2D eigenvalue weighted by Gasteiger charge is 2.18. The van der Waals surface area contributed by atoms with Gasteiger partial charge in [0.1, 0.15) is 5.82 Å². The van der Waals surface area contributed by atoms with Gasteiger partial charge in [0.15, 0.2) is 5.16 Å². The van der Waals surface area contributed by atoms with Crippen LogP contribution < -0.4 is 0 Å². The second kappa shape index (κ2) is 6.77. The van der Waals surface area contributed by atoms with Crippen molar-refractivity contribution in [1.82, 2.24) is 14.8 Å². The molecule has 1 heterocycles. The fourth-order valence-corrected chi connectivity index (χ4v) is 3.97. The van der Waals surface area contributed by atoms with E-state index in [-0.39, 0.29) is 5.25 Å². The summed E-state index contributed by atoms with van der Waals surface area (Å²) in [5, 5.41) is 10.5. The molecule has 1 atom stereocenters. The van der Waals surface area contributed by atoms with Crippen LogP contribution >= 0.6 is 23.4 Å². The molecule has 3 aromatic rings. The van der Waals surface area contributed by atoms with Crippen LogP contribution in [0.25, 0.3) is 5.69 Å². The van der Waals surface area contributed by atoms with Crippen LogP contribution in [0.15, 0.2) is 53.7 Å². The summed E-state index contributed by atoms with van der Waals surface area (Å²) in [7, 11) is 0. The summed E-state index contributed by atoms with van der Waals surface area (Å²) in [6.07, 6.45) is 0. The van der Waals surface area contributed by atoms with Crippen molar-refractivity contribution < 1.29 is 0 Å². The molecule has 0 saturated heterocycles. The van der Waals surface area contributed by atoms with E-state index in [2.05, 4.69) is 46.8 Å². The fraction of sp³-hybridized carbons (Fsp3) is 0.222. The molecular formula is C18H18ClN3S. The molecule has 0 spiro atoms. The molecule has 0 bridgehead atoms. The molecule has 0 aliphatic carbocycles. The molecule has 1 unspecified atom stereocenters. The van der Waals surface area contributed by atoms with Crippen LogP contribution in [0.1, 0.15) is 29.1 Å². The smallest absolute Gasteiger partial charge is 0.196 e. The average molecular weight is 344 g/mol. The SMILES string of the molecule is Cc1ccccc1-n1c(C)nnc1SC(C)c1ccccc1Cl. The van der Waals surface area contributed by atoms with Crippen molar-refractivity contribution in [2.24, 2.45) is 0 Å². The zero-order valence-electron chi connectivity index (χ0n) is 13.3. The number of thioether (sulfide) groups is 1. The van der Waals surface area contributed by atoms with Crippen molar-refractivity contribution in [2.45, 2.75) is 31.2 Å². The summed E-state index contributed by atoms with van der Waals surface area (Å²) < 4.78 is 2.10. The van der Waals surface area contributed by atoms with Gasteiger partial charge in [-0.25, -0.2) is 0 Å². The van der Waals surface area contributed by atoms with Crippen molar-refractivity contribution >= 4 is 23.4 Å². The molecule has 0 fully saturated rings. The number of nitrogens with zero attached hydrogens (tertiary/aromatic N) is 3. The van der Waals surface area contributed by atoms with E-state index in [1.807, 2.05) is 37.3 Å². The fourth-order valence-electron chi connectivity index (χ4n) is 2.54. The Bertz CT molecular complexity index is 829. The minimum absolute atomic E-state index is 0.190. The van der Waals surface area contributed by atoms with Gasteiger partial charge in [0.05, 0.1) is 5.69 Å². The number of aromatic nitrogens is 3. The first-order chi connectivity index (χ1) is 11.1. The lowest BCUT2D eigenvalue weighted by Crippen LogP contribution is -2.02. The number of halogens is 1. The lowest BCUT2D eigenvalue weighted by molar-refractivity contribution is 0.856. The molecule has 0 aliphatic heterocycles. The van der Waals surface area contributed by atoms with E-state index in [9.17, 15) is 0 Å². The first kappa shape index (κ1) is 16.1. The Balaban J connectivity index is 1.97. The van der Waals surface area contributed by atoms with Crippen LogP contribution in [-0.2, 0) is 0 Å². The van der Waals surface area contributed by atoms with Crippen LogP contribution in [0.3, 0.4) is 0 Å². The van der Waals surface area contributed by atoms with Gasteiger partial charge in [-0.2, -0.15) is 0 Å². The van der Waals surface area contributed by atoms with E-state index in [4.69, 9.17) is 11.6 Å². The molecule has 5 heteroatoms. The molecular weight excluding hydrogens is 326 g/mol. The standard InChI is InChI=1S/C18H18ClN3S/c1-12-8-4-7-11-17(12)22-14(3)20-21-18(22)23-13(2)15-9-5-6-10-16(15)19/h4-11,13H,1-3H3. The normalized spacial score (nSPS) is 12.3. The van der Waals surface area contributed by atoms with Gasteiger partial charge in [-0.1, -0.05) is 59.8 Å². The molecule has 0 saturated carbocycles. The van der Waals surface area contributed by atoms with Gasteiger partial charge in [0, 0.05) is 10.3 Å². The minimum atomic E-state index is 0.190. The van der Waals surface area contributed by atoms with E-state index in [0.29, 0.717) is 0 Å². The lowest BCUT2D eigenvalue weighted by atomic mass is 10.2. The van der Waals surface area contributed by atoms with Crippen molar-refractivity contribution in [2.75, 3.05) is 0 Å². The third-order valence-corrected chi connectivity index (χ3v) is 5.20.